The fourth-order valence-electron chi connectivity index (χ4n) is 1.78. The number of nitrogens with zero attached hydrogens (tertiary/aromatic N) is 1. The van der Waals surface area contributed by atoms with Crippen LogP contribution in [-0.2, 0) is 6.54 Å². The van der Waals surface area contributed by atoms with E-state index in [1.165, 1.54) is 25.3 Å². The number of pyridine rings is 1. The number of hydrogen-bond donors (Lipinski definition) is 1. The topological polar surface area (TPSA) is 60.5 Å². The summed E-state index contributed by atoms with van der Waals surface area (Å²) in [6, 6.07) is 9.38. The van der Waals surface area contributed by atoms with Crippen molar-refractivity contribution in [3.05, 3.63) is 53.9 Å². The number of carbonyl (C=O) groups excluding carboxylic acids is 1. The fourth-order valence-corrected chi connectivity index (χ4v) is 1.78. The number of nitrogens with one attached hydrogen (secondary N) is 1. The molecule has 1 heterocycles. The van der Waals surface area contributed by atoms with Gasteiger partial charge < -0.3 is 14.8 Å². The zero-order valence-electron chi connectivity index (χ0n) is 11.8. The molecule has 1 aromatic carbocycles. The van der Waals surface area contributed by atoms with Crippen molar-refractivity contribution in [2.24, 2.45) is 0 Å². The molecule has 0 aliphatic carbocycles. The van der Waals surface area contributed by atoms with E-state index in [9.17, 15) is 13.6 Å². The largest absolute Gasteiger partial charge is 0.497 e. The average Bonchev–Trinajstić information content (AvgIpc) is 2.53. The molecule has 2 rings (SSSR count). The van der Waals surface area contributed by atoms with Gasteiger partial charge in [0.15, 0.2) is 0 Å². The second kappa shape index (κ2) is 7.35. The van der Waals surface area contributed by atoms with Gasteiger partial charge in [-0.25, -0.2) is 0 Å². The summed E-state index contributed by atoms with van der Waals surface area (Å²) in [5, 5.41) is 2.60. The van der Waals surface area contributed by atoms with Crippen LogP contribution in [0, 0.1) is 0 Å². The quantitative estimate of drug-likeness (QED) is 0.891. The van der Waals surface area contributed by atoms with E-state index in [0.717, 1.165) is 0 Å². The zero-order chi connectivity index (χ0) is 15.9. The first-order valence-electron chi connectivity index (χ1n) is 6.41. The van der Waals surface area contributed by atoms with E-state index in [-0.39, 0.29) is 17.9 Å². The van der Waals surface area contributed by atoms with Crippen LogP contribution in [0.2, 0.25) is 0 Å². The smallest absolute Gasteiger partial charge is 0.387 e. The Bertz CT molecular complexity index is 636. The van der Waals surface area contributed by atoms with Crippen molar-refractivity contribution in [2.45, 2.75) is 13.2 Å². The van der Waals surface area contributed by atoms with Crippen LogP contribution in [0.5, 0.6) is 11.5 Å². The first-order valence-corrected chi connectivity index (χ1v) is 6.41. The van der Waals surface area contributed by atoms with Crippen LogP contribution in [0.1, 0.15) is 16.1 Å². The van der Waals surface area contributed by atoms with Gasteiger partial charge in [-0.2, -0.15) is 8.78 Å². The minimum absolute atomic E-state index is 0.00275. The van der Waals surface area contributed by atoms with Gasteiger partial charge in [0.1, 0.15) is 11.5 Å². The van der Waals surface area contributed by atoms with Gasteiger partial charge in [-0.05, 0) is 24.3 Å². The van der Waals surface area contributed by atoms with E-state index in [1.807, 2.05) is 0 Å². The Balaban J connectivity index is 2.14. The summed E-state index contributed by atoms with van der Waals surface area (Å²) in [5.74, 6) is -0.464. The molecule has 1 amide bonds. The number of hydrogen-bond acceptors (Lipinski definition) is 4. The average molecular weight is 308 g/mol. The summed E-state index contributed by atoms with van der Waals surface area (Å²) < 4.78 is 34.2. The Hall–Kier alpha value is -2.70. The van der Waals surface area contributed by atoms with Gasteiger partial charge in [-0.3, -0.25) is 9.78 Å². The first kappa shape index (κ1) is 15.7. The van der Waals surface area contributed by atoms with Gasteiger partial charge in [0.2, 0.25) is 0 Å². The molecule has 1 N–H and O–H groups in total. The predicted octanol–water partition coefficient (Wildman–Crippen LogP) is 2.62. The van der Waals surface area contributed by atoms with Gasteiger partial charge in [0, 0.05) is 12.3 Å². The molecule has 0 fully saturated rings. The highest BCUT2D eigenvalue weighted by Crippen LogP contribution is 2.26. The molecule has 0 spiro atoms. The maximum Gasteiger partial charge on any atom is 0.387 e. The van der Waals surface area contributed by atoms with Crippen molar-refractivity contribution < 1.29 is 23.0 Å². The summed E-state index contributed by atoms with van der Waals surface area (Å²) in [6.45, 7) is -2.85. The molecular formula is C15H14F2N2O3. The minimum atomic E-state index is -3.03. The molecular weight excluding hydrogens is 294 g/mol. The standard InChI is InChI=1S/C15H14F2N2O3/c1-21-11-5-6-12(13(8-11)22-15(16)17)14(20)19-9-10-4-2-3-7-18-10/h2-8,15H,9H2,1H3,(H,19,20). The van der Waals surface area contributed by atoms with Crippen LogP contribution in [0.3, 0.4) is 0 Å². The summed E-state index contributed by atoms with van der Waals surface area (Å²) in [4.78, 5) is 16.2. The monoisotopic (exact) mass is 308 g/mol. The molecule has 0 saturated carbocycles. The van der Waals surface area contributed by atoms with Crippen LogP contribution < -0.4 is 14.8 Å². The predicted molar refractivity (Wildman–Crippen MR) is 75.0 cm³/mol. The van der Waals surface area contributed by atoms with E-state index >= 15 is 0 Å². The van der Waals surface area contributed by atoms with Crippen molar-refractivity contribution in [3.8, 4) is 11.5 Å². The summed E-state index contributed by atoms with van der Waals surface area (Å²) in [7, 11) is 1.39. The van der Waals surface area contributed by atoms with Crippen LogP contribution >= 0.6 is 0 Å². The van der Waals surface area contributed by atoms with Gasteiger partial charge in [-0.1, -0.05) is 6.07 Å². The van der Waals surface area contributed by atoms with E-state index in [4.69, 9.17) is 4.74 Å². The maximum absolute atomic E-state index is 12.4. The van der Waals surface area contributed by atoms with Crippen LogP contribution in [0.4, 0.5) is 8.78 Å². The Morgan fingerprint density at radius 2 is 2.14 bits per heavy atom. The first-order chi connectivity index (χ1) is 10.6. The maximum atomic E-state index is 12.4. The molecule has 0 unspecified atom stereocenters. The molecule has 116 valence electrons. The molecule has 0 saturated heterocycles. The van der Waals surface area contributed by atoms with E-state index in [2.05, 4.69) is 15.0 Å². The third-order valence-electron chi connectivity index (χ3n) is 2.81. The molecule has 0 aliphatic heterocycles. The molecule has 5 nitrogen and oxygen atoms in total. The Morgan fingerprint density at radius 1 is 1.32 bits per heavy atom. The lowest BCUT2D eigenvalue weighted by Gasteiger charge is -2.12. The fraction of sp³-hybridized carbons (Fsp3) is 0.200. The molecule has 0 atom stereocenters. The summed E-state index contributed by atoms with van der Waals surface area (Å²) >= 11 is 0. The van der Waals surface area contributed by atoms with Crippen LogP contribution in [0.25, 0.3) is 0 Å². The molecule has 0 radical (unpaired) electrons. The number of ether oxygens (including phenoxy) is 2. The lowest BCUT2D eigenvalue weighted by molar-refractivity contribution is -0.0502. The number of methoxy groups -OCH3 is 1. The van der Waals surface area contributed by atoms with Crippen LogP contribution in [0.15, 0.2) is 42.6 Å². The Morgan fingerprint density at radius 3 is 2.77 bits per heavy atom. The van der Waals surface area contributed by atoms with Gasteiger partial charge in [0.05, 0.1) is 24.9 Å². The highest BCUT2D eigenvalue weighted by molar-refractivity contribution is 5.97. The summed E-state index contributed by atoms with van der Waals surface area (Å²) in [6.07, 6.45) is 1.60. The van der Waals surface area contributed by atoms with Crippen molar-refractivity contribution in [1.82, 2.24) is 10.3 Å². The van der Waals surface area contributed by atoms with Crippen molar-refractivity contribution in [1.29, 1.82) is 0 Å². The number of carbonyl (C=O) groups is 1. The van der Waals surface area contributed by atoms with E-state index < -0.39 is 12.5 Å². The van der Waals surface area contributed by atoms with Gasteiger partial charge in [-0.15, -0.1) is 0 Å². The van der Waals surface area contributed by atoms with Crippen molar-refractivity contribution in [2.75, 3.05) is 7.11 Å². The normalized spacial score (nSPS) is 10.4. The van der Waals surface area contributed by atoms with Crippen LogP contribution in [-0.4, -0.2) is 24.6 Å². The number of rotatable bonds is 6. The lowest BCUT2D eigenvalue weighted by atomic mass is 10.1. The third-order valence-corrected chi connectivity index (χ3v) is 2.81. The van der Waals surface area contributed by atoms with Crippen molar-refractivity contribution >= 4 is 5.91 Å². The molecule has 22 heavy (non-hydrogen) atoms. The molecule has 2 aromatic rings. The number of halogens is 2. The summed E-state index contributed by atoms with van der Waals surface area (Å²) in [5.41, 5.74) is 0.651. The van der Waals surface area contributed by atoms with E-state index in [0.29, 0.717) is 11.4 Å². The van der Waals surface area contributed by atoms with Crippen molar-refractivity contribution in [3.63, 3.8) is 0 Å². The van der Waals surface area contributed by atoms with E-state index in [1.54, 1.807) is 24.4 Å². The number of amides is 1. The highest BCUT2D eigenvalue weighted by Gasteiger charge is 2.17. The molecule has 1 aromatic heterocycles. The third kappa shape index (κ3) is 4.15. The molecule has 0 bridgehead atoms. The number of aromatic nitrogens is 1. The second-order valence-corrected chi connectivity index (χ2v) is 4.24. The minimum Gasteiger partial charge on any atom is -0.497 e. The highest BCUT2D eigenvalue weighted by atomic mass is 19.3. The number of benzene rings is 1. The van der Waals surface area contributed by atoms with Gasteiger partial charge in [0.25, 0.3) is 5.91 Å². The lowest BCUT2D eigenvalue weighted by Crippen LogP contribution is -2.24. The SMILES string of the molecule is COc1ccc(C(=O)NCc2ccccn2)c(OC(F)F)c1. The van der Waals surface area contributed by atoms with Gasteiger partial charge >= 0.3 is 6.61 Å². The molecule has 0 aliphatic rings. The zero-order valence-corrected chi connectivity index (χ0v) is 11.8. The Kier molecular flexibility index (Phi) is 5.24. The molecule has 7 heteroatoms. The second-order valence-electron chi connectivity index (χ2n) is 4.24. The Labute approximate surface area is 125 Å². The number of alkyl halides is 2.